The van der Waals surface area contributed by atoms with Gasteiger partial charge >= 0.3 is 0 Å². The Bertz CT molecular complexity index is 2980. The van der Waals surface area contributed by atoms with Gasteiger partial charge in [-0.05, 0) is 70.3 Å². The van der Waals surface area contributed by atoms with Gasteiger partial charge in [-0.1, -0.05) is 152 Å². The largest absolute Gasteiger partial charge is 0.354 e. The fraction of sp³-hybridized carbons (Fsp3) is 0. The third-order valence-corrected chi connectivity index (χ3v) is 10.2. The predicted octanol–water partition coefficient (Wildman–Crippen LogP) is 12.8. The molecule has 5 heterocycles. The molecule has 2 aliphatic heterocycles. The Morgan fingerprint density at radius 1 is 0.375 bits per heavy atom. The Balaban J connectivity index is 1.40. The van der Waals surface area contributed by atoms with Gasteiger partial charge in [0.25, 0.3) is 0 Å². The Morgan fingerprint density at radius 2 is 0.750 bits per heavy atom. The number of nitrogens with one attached hydrogen (secondary N) is 2. The molecule has 264 valence electrons. The molecule has 56 heavy (non-hydrogen) atoms. The maximum absolute atomic E-state index is 5.55. The molecule has 0 amide bonds. The highest BCUT2D eigenvalue weighted by molar-refractivity contribution is 6.03. The van der Waals surface area contributed by atoms with Crippen molar-refractivity contribution in [3.05, 3.63) is 204 Å². The Hall–Kier alpha value is -7.63. The van der Waals surface area contributed by atoms with Crippen molar-refractivity contribution >= 4 is 52.2 Å². The number of nitrogens with zero attached hydrogens (tertiary/aromatic N) is 3. The van der Waals surface area contributed by atoms with Crippen LogP contribution in [0.2, 0.25) is 0 Å². The standard InChI is InChI=1S/C51H35N5/c1-6-16-34(17-7-1)33-52-46-32-45-49(37-22-12-4-13-23-37)43-29-28-41(54-43)47(35-18-8-2-9-19-35)39-26-27-40(53-39)48(36-20-10-3-11-21-36)42-30-31-44(55-42)50(51(46)56-45)38-24-14-5-15-25-38/h1-33,54-55H. The van der Waals surface area contributed by atoms with Crippen molar-refractivity contribution in [1.82, 2.24) is 19.9 Å². The molecule has 10 rings (SSSR count). The number of aromatic amines is 2. The average Bonchev–Trinajstić information content (AvgIpc) is 4.10. The van der Waals surface area contributed by atoms with Crippen molar-refractivity contribution in [2.75, 3.05) is 0 Å². The van der Waals surface area contributed by atoms with Gasteiger partial charge in [0.15, 0.2) is 0 Å². The number of benzene rings is 5. The van der Waals surface area contributed by atoms with E-state index < -0.39 is 0 Å². The minimum Gasteiger partial charge on any atom is -0.354 e. The number of aliphatic imine (C=N–C) groups is 1. The molecule has 0 fully saturated rings. The van der Waals surface area contributed by atoms with Crippen LogP contribution in [0.4, 0.5) is 0 Å². The molecule has 5 heteroatoms. The highest BCUT2D eigenvalue weighted by atomic mass is 14.9. The summed E-state index contributed by atoms with van der Waals surface area (Å²) in [6, 6.07) is 60.7. The van der Waals surface area contributed by atoms with Crippen molar-refractivity contribution in [2.24, 2.45) is 4.99 Å². The molecule has 0 aliphatic carbocycles. The minimum atomic E-state index is 0.772. The van der Waals surface area contributed by atoms with Crippen LogP contribution in [0.5, 0.6) is 0 Å². The van der Waals surface area contributed by atoms with E-state index in [-0.39, 0.29) is 0 Å². The summed E-state index contributed by atoms with van der Waals surface area (Å²) in [5, 5.41) is 0. The summed E-state index contributed by atoms with van der Waals surface area (Å²) in [4.78, 5) is 23.8. The second-order valence-corrected chi connectivity index (χ2v) is 13.8. The van der Waals surface area contributed by atoms with E-state index in [1.165, 1.54) is 0 Å². The Kier molecular flexibility index (Phi) is 8.43. The number of H-pyrrole nitrogens is 2. The van der Waals surface area contributed by atoms with E-state index in [0.717, 1.165) is 101 Å². The van der Waals surface area contributed by atoms with Crippen LogP contribution in [-0.2, 0) is 0 Å². The molecule has 0 atom stereocenters. The molecular formula is C51H35N5. The van der Waals surface area contributed by atoms with Crippen LogP contribution in [0, 0.1) is 0 Å². The van der Waals surface area contributed by atoms with E-state index in [1.807, 2.05) is 48.7 Å². The topological polar surface area (TPSA) is 69.7 Å². The van der Waals surface area contributed by atoms with Gasteiger partial charge in [-0.25, -0.2) is 9.97 Å². The minimum absolute atomic E-state index is 0.772. The van der Waals surface area contributed by atoms with Gasteiger partial charge in [0.1, 0.15) is 0 Å². The third-order valence-electron chi connectivity index (χ3n) is 10.2. The number of hydrogen-bond donors (Lipinski definition) is 2. The van der Waals surface area contributed by atoms with Crippen molar-refractivity contribution in [3.63, 3.8) is 0 Å². The predicted molar refractivity (Wildman–Crippen MR) is 234 cm³/mol. The summed E-state index contributed by atoms with van der Waals surface area (Å²) in [5.74, 6) is 0. The van der Waals surface area contributed by atoms with E-state index in [1.54, 1.807) is 0 Å². The summed E-state index contributed by atoms with van der Waals surface area (Å²) >= 11 is 0. The van der Waals surface area contributed by atoms with Crippen molar-refractivity contribution in [1.29, 1.82) is 0 Å². The summed E-state index contributed by atoms with van der Waals surface area (Å²) < 4.78 is 0. The van der Waals surface area contributed by atoms with Gasteiger partial charge in [-0.15, -0.1) is 0 Å². The number of fused-ring (bicyclic) bond motifs is 8. The van der Waals surface area contributed by atoms with Gasteiger partial charge in [-0.3, -0.25) is 4.99 Å². The average molecular weight is 718 g/mol. The van der Waals surface area contributed by atoms with Crippen LogP contribution in [0.15, 0.2) is 181 Å². The van der Waals surface area contributed by atoms with Crippen molar-refractivity contribution in [2.45, 2.75) is 0 Å². The summed E-state index contributed by atoms with van der Waals surface area (Å²) in [6.45, 7) is 0. The van der Waals surface area contributed by atoms with Crippen LogP contribution in [0.1, 0.15) is 28.3 Å². The first-order valence-electron chi connectivity index (χ1n) is 18.8. The summed E-state index contributed by atoms with van der Waals surface area (Å²) in [6.07, 6.45) is 8.31. The molecule has 2 aliphatic rings. The third kappa shape index (κ3) is 6.17. The molecule has 2 N–H and O–H groups in total. The first kappa shape index (κ1) is 33.0. The smallest absolute Gasteiger partial charge is 0.0993 e. The van der Waals surface area contributed by atoms with Crippen molar-refractivity contribution < 1.29 is 0 Å². The molecule has 5 aromatic carbocycles. The second-order valence-electron chi connectivity index (χ2n) is 13.8. The van der Waals surface area contributed by atoms with E-state index >= 15 is 0 Å². The first-order valence-corrected chi connectivity index (χ1v) is 18.8. The van der Waals surface area contributed by atoms with Gasteiger partial charge in [0.05, 0.1) is 28.5 Å². The molecule has 5 nitrogen and oxygen atoms in total. The van der Waals surface area contributed by atoms with E-state index in [2.05, 4.69) is 162 Å². The summed E-state index contributed by atoms with van der Waals surface area (Å²) in [7, 11) is 0. The van der Waals surface area contributed by atoms with E-state index in [0.29, 0.717) is 0 Å². The van der Waals surface area contributed by atoms with Crippen LogP contribution >= 0.6 is 0 Å². The lowest BCUT2D eigenvalue weighted by molar-refractivity contribution is 1.29. The van der Waals surface area contributed by atoms with Gasteiger partial charge in [-0.2, -0.15) is 0 Å². The van der Waals surface area contributed by atoms with Gasteiger partial charge in [0, 0.05) is 50.5 Å². The van der Waals surface area contributed by atoms with Crippen molar-refractivity contribution in [3.8, 4) is 44.5 Å². The fourth-order valence-corrected chi connectivity index (χ4v) is 7.68. The van der Waals surface area contributed by atoms with Crippen LogP contribution < -0.4 is 0 Å². The Labute approximate surface area is 324 Å². The molecule has 0 spiro atoms. The molecular weight excluding hydrogens is 683 g/mol. The van der Waals surface area contributed by atoms with Crippen LogP contribution in [0.3, 0.4) is 0 Å². The number of aromatic nitrogens is 4. The zero-order valence-corrected chi connectivity index (χ0v) is 30.4. The molecule has 3 aromatic heterocycles. The molecule has 0 saturated heterocycles. The maximum atomic E-state index is 5.55. The highest BCUT2D eigenvalue weighted by Crippen LogP contribution is 2.40. The molecule has 8 aromatic rings. The maximum Gasteiger partial charge on any atom is 0.0993 e. The van der Waals surface area contributed by atoms with Gasteiger partial charge in [0.2, 0.25) is 0 Å². The lowest BCUT2D eigenvalue weighted by atomic mass is 10.0. The Morgan fingerprint density at radius 3 is 1.20 bits per heavy atom. The fourth-order valence-electron chi connectivity index (χ4n) is 7.68. The molecule has 0 saturated carbocycles. The van der Waals surface area contributed by atoms with Crippen LogP contribution in [-0.4, -0.2) is 26.2 Å². The van der Waals surface area contributed by atoms with E-state index in [9.17, 15) is 0 Å². The lowest BCUT2D eigenvalue weighted by Gasteiger charge is -2.07. The highest BCUT2D eigenvalue weighted by Gasteiger charge is 2.22. The number of rotatable bonds is 6. The number of hydrogen-bond acceptors (Lipinski definition) is 3. The molecule has 8 bridgehead atoms. The first-order chi connectivity index (χ1) is 27.8. The quantitative estimate of drug-likeness (QED) is 0.168. The normalized spacial score (nSPS) is 12.2. The lowest BCUT2D eigenvalue weighted by Crippen LogP contribution is -1.91. The SMILES string of the molecule is C1=Cc2nc1c(-c1ccccc1)c1ccc([nH]1)c(-c1ccccc1)c1nc(c(-c3ccccc3)c3ccc([nH]3)c2-c2ccccc2)C(N=Cc2ccccc2)=C1. The zero-order chi connectivity index (χ0) is 37.3. The summed E-state index contributed by atoms with van der Waals surface area (Å²) in [5.41, 5.74) is 17.1. The van der Waals surface area contributed by atoms with Gasteiger partial charge < -0.3 is 9.97 Å². The zero-order valence-electron chi connectivity index (χ0n) is 30.4. The molecule has 0 radical (unpaired) electrons. The second kappa shape index (κ2) is 14.3. The van der Waals surface area contributed by atoms with E-state index in [4.69, 9.17) is 15.0 Å². The molecule has 0 unspecified atom stereocenters. The monoisotopic (exact) mass is 717 g/mol. The van der Waals surface area contributed by atoms with Crippen LogP contribution in [0.25, 0.3) is 90.5 Å².